The van der Waals surface area contributed by atoms with Gasteiger partial charge in [-0.05, 0) is 6.07 Å². The summed E-state index contributed by atoms with van der Waals surface area (Å²) in [6, 6.07) is 1.98. The number of nitrogens with two attached hydrogens (primary N) is 1. The van der Waals surface area contributed by atoms with E-state index in [1.807, 2.05) is 0 Å². The highest BCUT2D eigenvalue weighted by molar-refractivity contribution is 5.93. The number of carbonyl (C=O) groups is 1. The summed E-state index contributed by atoms with van der Waals surface area (Å²) in [7, 11) is 1.22. The van der Waals surface area contributed by atoms with Crippen molar-refractivity contribution in [3.05, 3.63) is 27.8 Å². The number of nitrogen functional groups attached to an aromatic ring is 1. The molecule has 80 valence electrons. The number of nitrogens with zero attached hydrogens (tertiary/aromatic N) is 1. The first-order valence-corrected chi connectivity index (χ1v) is 3.82. The van der Waals surface area contributed by atoms with E-state index in [-0.39, 0.29) is 22.7 Å². The lowest BCUT2D eigenvalue weighted by Crippen LogP contribution is -2.04. The monoisotopic (exact) mass is 212 g/mol. The lowest BCUT2D eigenvalue weighted by atomic mass is 10.1. The van der Waals surface area contributed by atoms with Crippen LogP contribution in [0.2, 0.25) is 0 Å². The summed E-state index contributed by atoms with van der Waals surface area (Å²) in [6.07, 6.45) is 0. The smallest absolute Gasteiger partial charge is 0.339 e. The molecule has 1 rings (SSSR count). The van der Waals surface area contributed by atoms with Crippen molar-refractivity contribution in [1.82, 2.24) is 0 Å². The van der Waals surface area contributed by atoms with Crippen molar-refractivity contribution in [2.75, 3.05) is 12.8 Å². The largest absolute Gasteiger partial charge is 0.496 e. The van der Waals surface area contributed by atoms with Gasteiger partial charge in [0.05, 0.1) is 18.1 Å². The fourth-order valence-electron chi connectivity index (χ4n) is 1.08. The molecule has 15 heavy (non-hydrogen) atoms. The maximum Gasteiger partial charge on any atom is 0.339 e. The van der Waals surface area contributed by atoms with E-state index in [0.29, 0.717) is 0 Å². The first kappa shape index (κ1) is 10.8. The summed E-state index contributed by atoms with van der Waals surface area (Å²) in [6.45, 7) is 0. The molecule has 0 saturated carbocycles. The number of rotatable bonds is 3. The molecule has 0 bridgehead atoms. The van der Waals surface area contributed by atoms with Crippen molar-refractivity contribution < 1.29 is 19.6 Å². The summed E-state index contributed by atoms with van der Waals surface area (Å²) in [4.78, 5) is 20.5. The Kier molecular flexibility index (Phi) is 2.75. The van der Waals surface area contributed by atoms with Gasteiger partial charge in [0.1, 0.15) is 17.0 Å². The standard InChI is InChI=1S/C8H8N2O5/c1-15-7-3-6(10(13)14)5(9)2-4(7)8(11)12/h2-3H,9H2,1H3,(H,11,12). The fraction of sp³-hybridized carbons (Fsp3) is 0.125. The highest BCUT2D eigenvalue weighted by Crippen LogP contribution is 2.30. The number of anilines is 1. The van der Waals surface area contributed by atoms with Gasteiger partial charge in [-0.3, -0.25) is 10.1 Å². The molecule has 0 aliphatic carbocycles. The van der Waals surface area contributed by atoms with Gasteiger partial charge in [-0.25, -0.2) is 4.79 Å². The number of hydrogen-bond donors (Lipinski definition) is 2. The van der Waals surface area contributed by atoms with Gasteiger partial charge >= 0.3 is 5.97 Å². The fourth-order valence-corrected chi connectivity index (χ4v) is 1.08. The number of carboxylic acid groups (broad SMARTS) is 1. The minimum atomic E-state index is -1.26. The average molecular weight is 212 g/mol. The van der Waals surface area contributed by atoms with Crippen LogP contribution in [0.4, 0.5) is 11.4 Å². The van der Waals surface area contributed by atoms with E-state index in [4.69, 9.17) is 15.6 Å². The Bertz CT molecular complexity index is 429. The van der Waals surface area contributed by atoms with E-state index >= 15 is 0 Å². The van der Waals surface area contributed by atoms with E-state index < -0.39 is 10.9 Å². The molecule has 0 spiro atoms. The quantitative estimate of drug-likeness (QED) is 0.436. The molecule has 0 radical (unpaired) electrons. The molecule has 1 aromatic rings. The van der Waals surface area contributed by atoms with E-state index in [2.05, 4.69) is 0 Å². The van der Waals surface area contributed by atoms with Crippen molar-refractivity contribution in [3.63, 3.8) is 0 Å². The second kappa shape index (κ2) is 3.82. The van der Waals surface area contributed by atoms with Crippen LogP contribution in [0, 0.1) is 10.1 Å². The number of ether oxygens (including phenoxy) is 1. The third-order valence-corrected chi connectivity index (χ3v) is 1.78. The summed E-state index contributed by atoms with van der Waals surface area (Å²) in [5.74, 6) is -1.35. The van der Waals surface area contributed by atoms with Crippen molar-refractivity contribution in [1.29, 1.82) is 0 Å². The second-order valence-corrected chi connectivity index (χ2v) is 2.67. The van der Waals surface area contributed by atoms with Crippen molar-refractivity contribution in [3.8, 4) is 5.75 Å². The Morgan fingerprint density at radius 2 is 2.20 bits per heavy atom. The van der Waals surface area contributed by atoms with Gasteiger partial charge in [0.2, 0.25) is 0 Å². The van der Waals surface area contributed by atoms with Crippen LogP contribution in [0.15, 0.2) is 12.1 Å². The van der Waals surface area contributed by atoms with Crippen LogP contribution in [0.5, 0.6) is 5.75 Å². The summed E-state index contributed by atoms with van der Waals surface area (Å²) in [5, 5.41) is 19.2. The molecule has 0 aliphatic rings. The molecular weight excluding hydrogens is 204 g/mol. The molecule has 0 amide bonds. The first-order chi connectivity index (χ1) is 6.97. The number of nitro benzene ring substituents is 1. The summed E-state index contributed by atoms with van der Waals surface area (Å²) < 4.78 is 4.71. The lowest BCUT2D eigenvalue weighted by Gasteiger charge is -2.05. The Balaban J connectivity index is 3.42. The Morgan fingerprint density at radius 3 is 2.60 bits per heavy atom. The van der Waals surface area contributed by atoms with Crippen molar-refractivity contribution in [2.45, 2.75) is 0 Å². The third kappa shape index (κ3) is 1.96. The molecule has 0 saturated heterocycles. The Hall–Kier alpha value is -2.31. The average Bonchev–Trinajstić information content (AvgIpc) is 2.16. The molecular formula is C8H8N2O5. The maximum absolute atomic E-state index is 10.7. The van der Waals surface area contributed by atoms with Crippen LogP contribution in [-0.4, -0.2) is 23.1 Å². The number of benzene rings is 1. The summed E-state index contributed by atoms with van der Waals surface area (Å²) in [5.41, 5.74) is 4.53. The molecule has 0 aliphatic heterocycles. The number of methoxy groups -OCH3 is 1. The predicted molar refractivity (Wildman–Crippen MR) is 51.0 cm³/mol. The second-order valence-electron chi connectivity index (χ2n) is 2.67. The minimum Gasteiger partial charge on any atom is -0.496 e. The zero-order valence-electron chi connectivity index (χ0n) is 7.76. The van der Waals surface area contributed by atoms with E-state index in [1.54, 1.807) is 0 Å². The maximum atomic E-state index is 10.7. The molecule has 0 fully saturated rings. The molecule has 0 unspecified atom stereocenters. The van der Waals surface area contributed by atoms with Gasteiger partial charge < -0.3 is 15.6 Å². The van der Waals surface area contributed by atoms with Gasteiger partial charge in [0.25, 0.3) is 5.69 Å². The van der Waals surface area contributed by atoms with Crippen molar-refractivity contribution >= 4 is 17.3 Å². The molecule has 1 aromatic carbocycles. The SMILES string of the molecule is COc1cc([N+](=O)[O-])c(N)cc1C(=O)O. The van der Waals surface area contributed by atoms with Gasteiger partial charge in [-0.2, -0.15) is 0 Å². The Labute approximate surface area is 84.2 Å². The van der Waals surface area contributed by atoms with Crippen LogP contribution in [-0.2, 0) is 0 Å². The number of carboxylic acids is 1. The third-order valence-electron chi connectivity index (χ3n) is 1.78. The van der Waals surface area contributed by atoms with Crippen LogP contribution < -0.4 is 10.5 Å². The molecule has 0 aromatic heterocycles. The van der Waals surface area contributed by atoms with Gasteiger partial charge in [-0.15, -0.1) is 0 Å². The van der Waals surface area contributed by atoms with Crippen molar-refractivity contribution in [2.24, 2.45) is 0 Å². The van der Waals surface area contributed by atoms with Gasteiger partial charge in [-0.1, -0.05) is 0 Å². The number of hydrogen-bond acceptors (Lipinski definition) is 5. The summed E-state index contributed by atoms with van der Waals surface area (Å²) >= 11 is 0. The molecule has 7 nitrogen and oxygen atoms in total. The zero-order chi connectivity index (χ0) is 11.6. The minimum absolute atomic E-state index is 0.0941. The topological polar surface area (TPSA) is 116 Å². The van der Waals surface area contributed by atoms with Crippen LogP contribution in [0.25, 0.3) is 0 Å². The molecule has 0 heterocycles. The highest BCUT2D eigenvalue weighted by Gasteiger charge is 2.19. The molecule has 7 heteroatoms. The Morgan fingerprint density at radius 1 is 1.60 bits per heavy atom. The van der Waals surface area contributed by atoms with E-state index in [9.17, 15) is 14.9 Å². The van der Waals surface area contributed by atoms with E-state index in [1.165, 1.54) is 7.11 Å². The van der Waals surface area contributed by atoms with Gasteiger partial charge in [0.15, 0.2) is 0 Å². The van der Waals surface area contributed by atoms with Crippen LogP contribution in [0.1, 0.15) is 10.4 Å². The van der Waals surface area contributed by atoms with Crippen LogP contribution in [0.3, 0.4) is 0 Å². The number of aromatic carboxylic acids is 1. The zero-order valence-corrected chi connectivity index (χ0v) is 7.76. The van der Waals surface area contributed by atoms with Gasteiger partial charge in [0, 0.05) is 0 Å². The number of nitro groups is 1. The molecule has 0 atom stereocenters. The highest BCUT2D eigenvalue weighted by atomic mass is 16.6. The van der Waals surface area contributed by atoms with Crippen LogP contribution >= 0.6 is 0 Å². The predicted octanol–water partition coefficient (Wildman–Crippen LogP) is 0.884. The molecule has 3 N–H and O–H groups in total. The lowest BCUT2D eigenvalue weighted by molar-refractivity contribution is -0.384. The normalized spacial score (nSPS) is 9.67. The van der Waals surface area contributed by atoms with E-state index in [0.717, 1.165) is 12.1 Å². The first-order valence-electron chi connectivity index (χ1n) is 3.82.